The molecule has 0 spiro atoms. The molecule has 0 atom stereocenters. The molecular formula is C16H17BrFN3. The Hall–Kier alpha value is -1.62. The SMILES string of the molecule is Fc1ccccc1N1CCN(c2ccc(CBr)cn2)CC1. The highest BCUT2D eigenvalue weighted by atomic mass is 79.9. The van der Waals surface area contributed by atoms with Crippen molar-refractivity contribution in [2.45, 2.75) is 5.33 Å². The van der Waals surface area contributed by atoms with Crippen LogP contribution in [0.3, 0.4) is 0 Å². The van der Waals surface area contributed by atoms with Gasteiger partial charge >= 0.3 is 0 Å². The zero-order valence-corrected chi connectivity index (χ0v) is 13.3. The van der Waals surface area contributed by atoms with Crippen molar-refractivity contribution >= 4 is 27.4 Å². The molecule has 0 bridgehead atoms. The normalized spacial score (nSPS) is 15.3. The molecule has 1 aromatic carbocycles. The minimum atomic E-state index is -0.147. The minimum Gasteiger partial charge on any atom is -0.366 e. The Kier molecular flexibility index (Phi) is 4.39. The Balaban J connectivity index is 1.66. The summed E-state index contributed by atoms with van der Waals surface area (Å²) >= 11 is 3.42. The molecule has 3 nitrogen and oxygen atoms in total. The van der Waals surface area contributed by atoms with Crippen LogP contribution in [0.5, 0.6) is 0 Å². The molecule has 21 heavy (non-hydrogen) atoms. The number of alkyl halides is 1. The van der Waals surface area contributed by atoms with Gasteiger partial charge in [-0.3, -0.25) is 0 Å². The number of piperazine rings is 1. The largest absolute Gasteiger partial charge is 0.366 e. The van der Waals surface area contributed by atoms with Crippen molar-refractivity contribution < 1.29 is 4.39 Å². The first-order chi connectivity index (χ1) is 10.3. The fraction of sp³-hybridized carbons (Fsp3) is 0.312. The topological polar surface area (TPSA) is 19.4 Å². The molecule has 1 aliphatic rings. The van der Waals surface area contributed by atoms with E-state index in [1.165, 1.54) is 11.6 Å². The summed E-state index contributed by atoms with van der Waals surface area (Å²) in [5.41, 5.74) is 1.86. The van der Waals surface area contributed by atoms with E-state index in [0.29, 0.717) is 5.69 Å². The number of hydrogen-bond acceptors (Lipinski definition) is 3. The van der Waals surface area contributed by atoms with E-state index in [1.807, 2.05) is 18.3 Å². The molecule has 1 fully saturated rings. The van der Waals surface area contributed by atoms with Crippen molar-refractivity contribution in [3.63, 3.8) is 0 Å². The van der Waals surface area contributed by atoms with Gasteiger partial charge in [-0.2, -0.15) is 0 Å². The van der Waals surface area contributed by atoms with E-state index in [-0.39, 0.29) is 5.82 Å². The first-order valence-electron chi connectivity index (χ1n) is 7.03. The van der Waals surface area contributed by atoms with Crippen molar-refractivity contribution in [2.24, 2.45) is 0 Å². The summed E-state index contributed by atoms with van der Waals surface area (Å²) in [6.07, 6.45) is 1.90. The molecule has 0 amide bonds. The number of pyridine rings is 1. The third kappa shape index (κ3) is 3.18. The van der Waals surface area contributed by atoms with Gasteiger partial charge in [-0.1, -0.05) is 34.1 Å². The van der Waals surface area contributed by atoms with Crippen LogP contribution in [0.25, 0.3) is 0 Å². The molecular weight excluding hydrogens is 333 g/mol. The molecule has 2 heterocycles. The zero-order chi connectivity index (χ0) is 14.7. The maximum atomic E-state index is 13.8. The van der Waals surface area contributed by atoms with Crippen LogP contribution >= 0.6 is 15.9 Å². The Morgan fingerprint density at radius 2 is 1.71 bits per heavy atom. The molecule has 0 aliphatic carbocycles. The zero-order valence-electron chi connectivity index (χ0n) is 11.7. The van der Waals surface area contributed by atoms with Crippen LogP contribution in [0.4, 0.5) is 15.9 Å². The Labute approximate surface area is 132 Å². The first kappa shape index (κ1) is 14.3. The predicted molar refractivity (Wildman–Crippen MR) is 87.7 cm³/mol. The number of aromatic nitrogens is 1. The second-order valence-electron chi connectivity index (χ2n) is 5.08. The van der Waals surface area contributed by atoms with Crippen molar-refractivity contribution in [3.05, 3.63) is 54.0 Å². The van der Waals surface area contributed by atoms with Gasteiger partial charge < -0.3 is 9.80 Å². The maximum Gasteiger partial charge on any atom is 0.146 e. The second-order valence-corrected chi connectivity index (χ2v) is 5.64. The van der Waals surface area contributed by atoms with Gasteiger partial charge in [0.2, 0.25) is 0 Å². The molecule has 110 valence electrons. The van der Waals surface area contributed by atoms with Crippen LogP contribution < -0.4 is 9.80 Å². The van der Waals surface area contributed by atoms with E-state index in [9.17, 15) is 4.39 Å². The number of anilines is 2. The van der Waals surface area contributed by atoms with Crippen molar-refractivity contribution in [1.82, 2.24) is 4.98 Å². The predicted octanol–water partition coefficient (Wildman–Crippen LogP) is 3.44. The molecule has 0 saturated carbocycles. The lowest BCUT2D eigenvalue weighted by molar-refractivity contribution is 0.596. The van der Waals surface area contributed by atoms with Crippen LogP contribution in [0.1, 0.15) is 5.56 Å². The van der Waals surface area contributed by atoms with Crippen LogP contribution in [0, 0.1) is 5.82 Å². The van der Waals surface area contributed by atoms with Gasteiger partial charge in [0.25, 0.3) is 0 Å². The van der Waals surface area contributed by atoms with Crippen molar-refractivity contribution in [2.75, 3.05) is 36.0 Å². The monoisotopic (exact) mass is 349 g/mol. The van der Waals surface area contributed by atoms with Crippen LogP contribution in [-0.4, -0.2) is 31.2 Å². The van der Waals surface area contributed by atoms with Crippen LogP contribution in [0.15, 0.2) is 42.6 Å². The smallest absolute Gasteiger partial charge is 0.146 e. The number of halogens is 2. The summed E-state index contributed by atoms with van der Waals surface area (Å²) in [7, 11) is 0. The van der Waals surface area contributed by atoms with Gasteiger partial charge in [-0.15, -0.1) is 0 Å². The van der Waals surface area contributed by atoms with Gasteiger partial charge in [-0.25, -0.2) is 9.37 Å². The third-order valence-electron chi connectivity index (χ3n) is 3.76. The summed E-state index contributed by atoms with van der Waals surface area (Å²) < 4.78 is 13.8. The lowest BCUT2D eigenvalue weighted by atomic mass is 10.2. The van der Waals surface area contributed by atoms with Crippen LogP contribution in [-0.2, 0) is 5.33 Å². The number of para-hydroxylation sites is 1. The Morgan fingerprint density at radius 3 is 2.33 bits per heavy atom. The fourth-order valence-corrected chi connectivity index (χ4v) is 2.90. The molecule has 0 N–H and O–H groups in total. The highest BCUT2D eigenvalue weighted by Gasteiger charge is 2.19. The summed E-state index contributed by atoms with van der Waals surface area (Å²) in [4.78, 5) is 8.83. The summed E-state index contributed by atoms with van der Waals surface area (Å²) in [5.74, 6) is 0.846. The first-order valence-corrected chi connectivity index (χ1v) is 8.15. The van der Waals surface area contributed by atoms with E-state index in [2.05, 4.69) is 42.8 Å². The van der Waals surface area contributed by atoms with Gasteiger partial charge in [0.1, 0.15) is 11.6 Å². The average molecular weight is 350 g/mol. The number of benzene rings is 1. The van der Waals surface area contributed by atoms with Gasteiger partial charge in [0.15, 0.2) is 0 Å². The number of nitrogens with zero attached hydrogens (tertiary/aromatic N) is 3. The average Bonchev–Trinajstić information content (AvgIpc) is 2.56. The third-order valence-corrected chi connectivity index (χ3v) is 4.41. The fourth-order valence-electron chi connectivity index (χ4n) is 2.57. The van der Waals surface area contributed by atoms with Gasteiger partial charge in [-0.05, 0) is 23.8 Å². The van der Waals surface area contributed by atoms with E-state index in [4.69, 9.17) is 0 Å². The maximum absolute atomic E-state index is 13.8. The molecule has 3 rings (SSSR count). The van der Waals surface area contributed by atoms with Gasteiger partial charge in [0.05, 0.1) is 5.69 Å². The summed E-state index contributed by atoms with van der Waals surface area (Å²) in [6, 6.07) is 11.1. The quantitative estimate of drug-likeness (QED) is 0.791. The Bertz CT molecular complexity index is 595. The number of hydrogen-bond donors (Lipinski definition) is 0. The van der Waals surface area contributed by atoms with E-state index < -0.39 is 0 Å². The highest BCUT2D eigenvalue weighted by Crippen LogP contribution is 2.22. The molecule has 0 unspecified atom stereocenters. The lowest BCUT2D eigenvalue weighted by Gasteiger charge is -2.36. The van der Waals surface area contributed by atoms with E-state index >= 15 is 0 Å². The highest BCUT2D eigenvalue weighted by molar-refractivity contribution is 9.08. The van der Waals surface area contributed by atoms with Crippen molar-refractivity contribution in [1.29, 1.82) is 0 Å². The standard InChI is InChI=1S/C16H17BrFN3/c17-11-13-5-6-16(19-12-13)21-9-7-20(8-10-21)15-4-2-1-3-14(15)18/h1-6,12H,7-11H2. The lowest BCUT2D eigenvalue weighted by Crippen LogP contribution is -2.47. The Morgan fingerprint density at radius 1 is 1.00 bits per heavy atom. The molecule has 2 aromatic rings. The van der Waals surface area contributed by atoms with Crippen LogP contribution in [0.2, 0.25) is 0 Å². The molecule has 1 aliphatic heterocycles. The second kappa shape index (κ2) is 6.43. The minimum absolute atomic E-state index is 0.147. The van der Waals surface area contributed by atoms with E-state index in [0.717, 1.165) is 37.3 Å². The molecule has 1 aromatic heterocycles. The van der Waals surface area contributed by atoms with E-state index in [1.54, 1.807) is 6.07 Å². The van der Waals surface area contributed by atoms with Crippen molar-refractivity contribution in [3.8, 4) is 0 Å². The molecule has 5 heteroatoms. The number of rotatable bonds is 3. The molecule has 1 saturated heterocycles. The summed E-state index contributed by atoms with van der Waals surface area (Å²) in [6.45, 7) is 3.33. The molecule has 0 radical (unpaired) electrons. The van der Waals surface area contributed by atoms with Gasteiger partial charge in [0, 0.05) is 37.7 Å². The summed E-state index contributed by atoms with van der Waals surface area (Å²) in [5, 5.41) is 0.821.